The summed E-state index contributed by atoms with van der Waals surface area (Å²) < 4.78 is 40.4. The van der Waals surface area contributed by atoms with E-state index in [-0.39, 0.29) is 5.95 Å². The molecular weight excluding hydrogens is 363 g/mol. The van der Waals surface area contributed by atoms with Crippen LogP contribution in [0.2, 0.25) is 0 Å². The molecule has 0 radical (unpaired) electrons. The standard InChI is InChI=1S/C13H9BrF3N5/c1-22-10-5-7(4-9(14)8(10)6-19-22)20-12-18-3-2-11(21-12)13(15,16)17/h2-6H,1H3,(H,18,20,21). The highest BCUT2D eigenvalue weighted by Gasteiger charge is 2.32. The Labute approximate surface area is 131 Å². The molecule has 0 spiro atoms. The van der Waals surface area contributed by atoms with Crippen molar-refractivity contribution in [3.63, 3.8) is 0 Å². The molecule has 0 bridgehead atoms. The molecule has 0 aliphatic heterocycles. The molecule has 0 atom stereocenters. The lowest BCUT2D eigenvalue weighted by Crippen LogP contribution is -2.10. The van der Waals surface area contributed by atoms with Gasteiger partial charge in [0.2, 0.25) is 5.95 Å². The maximum atomic E-state index is 12.7. The van der Waals surface area contributed by atoms with Crippen LogP contribution in [0, 0.1) is 0 Å². The highest BCUT2D eigenvalue weighted by molar-refractivity contribution is 9.10. The summed E-state index contributed by atoms with van der Waals surface area (Å²) in [5, 5.41) is 7.80. The Hall–Kier alpha value is -2.16. The predicted molar refractivity (Wildman–Crippen MR) is 78.7 cm³/mol. The highest BCUT2D eigenvalue weighted by Crippen LogP contribution is 2.30. The van der Waals surface area contributed by atoms with Crippen molar-refractivity contribution in [2.75, 3.05) is 5.32 Å². The number of hydrogen-bond donors (Lipinski definition) is 1. The molecule has 1 N–H and O–H groups in total. The maximum Gasteiger partial charge on any atom is 0.433 e. The van der Waals surface area contributed by atoms with Crippen molar-refractivity contribution >= 4 is 38.5 Å². The normalized spacial score (nSPS) is 11.9. The highest BCUT2D eigenvalue weighted by atomic mass is 79.9. The first-order chi connectivity index (χ1) is 10.3. The molecule has 2 heterocycles. The quantitative estimate of drug-likeness (QED) is 0.742. The minimum absolute atomic E-state index is 0.122. The van der Waals surface area contributed by atoms with E-state index in [0.717, 1.165) is 27.6 Å². The molecule has 3 aromatic rings. The predicted octanol–water partition coefficient (Wildman–Crippen LogP) is 3.89. The summed E-state index contributed by atoms with van der Waals surface area (Å²) in [7, 11) is 1.78. The van der Waals surface area contributed by atoms with Crippen LogP contribution in [0.5, 0.6) is 0 Å². The third-order valence-electron chi connectivity index (χ3n) is 3.02. The van der Waals surface area contributed by atoms with Crippen LogP contribution in [-0.2, 0) is 13.2 Å². The molecule has 3 rings (SSSR count). The van der Waals surface area contributed by atoms with E-state index in [1.807, 2.05) is 0 Å². The summed E-state index contributed by atoms with van der Waals surface area (Å²) >= 11 is 3.41. The van der Waals surface area contributed by atoms with Gasteiger partial charge in [0.15, 0.2) is 0 Å². The fourth-order valence-electron chi connectivity index (χ4n) is 1.98. The number of anilines is 2. The van der Waals surface area contributed by atoms with E-state index in [1.54, 1.807) is 30.1 Å². The number of aryl methyl sites for hydroxylation is 1. The average molecular weight is 372 g/mol. The molecule has 0 saturated carbocycles. The Morgan fingerprint density at radius 1 is 1.27 bits per heavy atom. The first-order valence-corrected chi connectivity index (χ1v) is 6.92. The van der Waals surface area contributed by atoms with E-state index in [4.69, 9.17) is 0 Å². The fraction of sp³-hybridized carbons (Fsp3) is 0.154. The molecule has 9 heteroatoms. The van der Waals surface area contributed by atoms with Crippen LogP contribution in [0.3, 0.4) is 0 Å². The minimum atomic E-state index is -4.51. The van der Waals surface area contributed by atoms with Gasteiger partial charge in [-0.05, 0) is 34.1 Å². The second-order valence-corrected chi connectivity index (χ2v) is 5.40. The van der Waals surface area contributed by atoms with Crippen LogP contribution in [0.15, 0.2) is 35.1 Å². The summed E-state index contributed by atoms with van der Waals surface area (Å²) in [6.07, 6.45) is -1.74. The summed E-state index contributed by atoms with van der Waals surface area (Å²) in [5.41, 5.74) is 0.386. The lowest BCUT2D eigenvalue weighted by molar-refractivity contribution is -0.141. The van der Waals surface area contributed by atoms with E-state index in [0.29, 0.717) is 5.69 Å². The molecule has 0 amide bonds. The number of benzene rings is 1. The Morgan fingerprint density at radius 2 is 2.05 bits per heavy atom. The monoisotopic (exact) mass is 371 g/mol. The topological polar surface area (TPSA) is 55.6 Å². The number of aromatic nitrogens is 4. The van der Waals surface area contributed by atoms with Gasteiger partial charge in [0.05, 0.1) is 11.7 Å². The van der Waals surface area contributed by atoms with Gasteiger partial charge in [0, 0.05) is 28.8 Å². The zero-order chi connectivity index (χ0) is 15.9. The number of fused-ring (bicyclic) bond motifs is 1. The zero-order valence-corrected chi connectivity index (χ0v) is 12.8. The van der Waals surface area contributed by atoms with E-state index < -0.39 is 11.9 Å². The van der Waals surface area contributed by atoms with E-state index in [2.05, 4.69) is 36.3 Å². The second-order valence-electron chi connectivity index (χ2n) is 4.55. The lowest BCUT2D eigenvalue weighted by Gasteiger charge is -2.09. The van der Waals surface area contributed by atoms with Crippen molar-refractivity contribution in [3.05, 3.63) is 40.8 Å². The number of nitrogens with zero attached hydrogens (tertiary/aromatic N) is 4. The molecule has 2 aromatic heterocycles. The van der Waals surface area contributed by atoms with Gasteiger partial charge in [-0.3, -0.25) is 4.68 Å². The van der Waals surface area contributed by atoms with Crippen LogP contribution >= 0.6 is 15.9 Å². The molecule has 0 aliphatic carbocycles. The molecule has 0 fully saturated rings. The van der Waals surface area contributed by atoms with Gasteiger partial charge in [-0.1, -0.05) is 0 Å². The largest absolute Gasteiger partial charge is 0.433 e. The lowest BCUT2D eigenvalue weighted by atomic mass is 10.2. The molecule has 114 valence electrons. The Morgan fingerprint density at radius 3 is 2.77 bits per heavy atom. The van der Waals surface area contributed by atoms with Crippen molar-refractivity contribution < 1.29 is 13.2 Å². The first kappa shape index (κ1) is 14.8. The number of hydrogen-bond acceptors (Lipinski definition) is 4. The average Bonchev–Trinajstić information content (AvgIpc) is 2.80. The summed E-state index contributed by atoms with van der Waals surface area (Å²) in [4.78, 5) is 7.28. The molecule has 5 nitrogen and oxygen atoms in total. The molecule has 0 unspecified atom stereocenters. The molecular formula is C13H9BrF3N5. The van der Waals surface area contributed by atoms with Gasteiger partial charge >= 0.3 is 6.18 Å². The molecule has 22 heavy (non-hydrogen) atoms. The van der Waals surface area contributed by atoms with Gasteiger partial charge in [0.1, 0.15) is 5.69 Å². The third-order valence-corrected chi connectivity index (χ3v) is 3.67. The fourth-order valence-corrected chi connectivity index (χ4v) is 2.54. The summed E-state index contributed by atoms with van der Waals surface area (Å²) in [6, 6.07) is 4.32. The van der Waals surface area contributed by atoms with Crippen molar-refractivity contribution in [3.8, 4) is 0 Å². The smallest absolute Gasteiger partial charge is 0.324 e. The van der Waals surface area contributed by atoms with Crippen molar-refractivity contribution in [1.29, 1.82) is 0 Å². The van der Waals surface area contributed by atoms with E-state index in [1.165, 1.54) is 0 Å². The van der Waals surface area contributed by atoms with Crippen molar-refractivity contribution in [1.82, 2.24) is 19.7 Å². The van der Waals surface area contributed by atoms with Crippen molar-refractivity contribution in [2.24, 2.45) is 7.05 Å². The Kier molecular flexibility index (Phi) is 3.51. The Bertz CT molecular complexity index is 843. The Balaban J connectivity index is 1.98. The number of rotatable bonds is 2. The van der Waals surface area contributed by atoms with E-state index >= 15 is 0 Å². The summed E-state index contributed by atoms with van der Waals surface area (Å²) in [6.45, 7) is 0. The second kappa shape index (κ2) is 5.24. The van der Waals surface area contributed by atoms with Gasteiger partial charge in [-0.2, -0.15) is 18.3 Å². The van der Waals surface area contributed by atoms with Gasteiger partial charge < -0.3 is 5.32 Å². The van der Waals surface area contributed by atoms with Crippen molar-refractivity contribution in [2.45, 2.75) is 6.18 Å². The van der Waals surface area contributed by atoms with E-state index in [9.17, 15) is 13.2 Å². The number of nitrogens with one attached hydrogen (secondary N) is 1. The molecule has 0 saturated heterocycles. The third kappa shape index (κ3) is 2.76. The molecule has 1 aromatic carbocycles. The number of alkyl halides is 3. The SMILES string of the molecule is Cn1ncc2c(Br)cc(Nc3nccc(C(F)(F)F)n3)cc21. The number of halogens is 4. The maximum absolute atomic E-state index is 12.7. The van der Waals surface area contributed by atoms with Crippen LogP contribution in [0.1, 0.15) is 5.69 Å². The van der Waals surface area contributed by atoms with Crippen LogP contribution in [0.4, 0.5) is 24.8 Å². The minimum Gasteiger partial charge on any atom is -0.324 e. The van der Waals surface area contributed by atoms with Gasteiger partial charge in [-0.25, -0.2) is 9.97 Å². The van der Waals surface area contributed by atoms with Crippen LogP contribution in [-0.4, -0.2) is 19.7 Å². The van der Waals surface area contributed by atoms with Crippen LogP contribution < -0.4 is 5.32 Å². The first-order valence-electron chi connectivity index (χ1n) is 6.13. The van der Waals surface area contributed by atoms with Gasteiger partial charge in [-0.15, -0.1) is 0 Å². The molecule has 0 aliphatic rings. The van der Waals surface area contributed by atoms with Gasteiger partial charge in [0.25, 0.3) is 0 Å². The summed E-state index contributed by atoms with van der Waals surface area (Å²) in [5.74, 6) is -0.122. The zero-order valence-electron chi connectivity index (χ0n) is 11.2. The van der Waals surface area contributed by atoms with Crippen LogP contribution in [0.25, 0.3) is 10.9 Å².